The van der Waals surface area contributed by atoms with Crippen molar-refractivity contribution in [3.8, 4) is 0 Å². The van der Waals surface area contributed by atoms with Crippen LogP contribution in [-0.4, -0.2) is 58.7 Å². The number of nitrogens with one attached hydrogen (secondary N) is 1. The van der Waals surface area contributed by atoms with Crippen LogP contribution < -0.4 is 9.62 Å². The number of rotatable bonds is 6. The van der Waals surface area contributed by atoms with Gasteiger partial charge in [-0.3, -0.25) is 14.6 Å². The number of hydrogen-bond donors (Lipinski definition) is 1. The molecule has 1 aromatic heterocycles. The van der Waals surface area contributed by atoms with Crippen molar-refractivity contribution in [3.05, 3.63) is 60.4 Å². The number of fused-ring (bicyclic) bond motifs is 1. The van der Waals surface area contributed by atoms with Gasteiger partial charge in [0, 0.05) is 50.2 Å². The first-order chi connectivity index (χ1) is 14.4. The van der Waals surface area contributed by atoms with Crippen LogP contribution in [0.2, 0.25) is 0 Å². The van der Waals surface area contributed by atoms with E-state index in [1.807, 2.05) is 49.3 Å². The molecule has 8 heteroatoms. The second kappa shape index (κ2) is 8.59. The van der Waals surface area contributed by atoms with E-state index in [1.54, 1.807) is 24.4 Å². The maximum absolute atomic E-state index is 13.1. The Morgan fingerprint density at radius 1 is 1.03 bits per heavy atom. The van der Waals surface area contributed by atoms with E-state index < -0.39 is 10.0 Å². The maximum atomic E-state index is 13.1. The summed E-state index contributed by atoms with van der Waals surface area (Å²) in [5.74, 6) is 0. The van der Waals surface area contributed by atoms with Gasteiger partial charge >= 0.3 is 0 Å². The standard InChI is InChI=1S/C22H26N4O3S/c1-25(2)21-7-3-6-20-19(21)5-4-8-22(20)30(27,28)24-17-9-10-18(23-15-17)16-26-11-13-29-14-12-26/h3-10,15,24H,11-14,16H2,1-2H3. The average Bonchev–Trinajstić information content (AvgIpc) is 2.74. The van der Waals surface area contributed by atoms with Gasteiger partial charge in [-0.05, 0) is 24.3 Å². The molecule has 0 spiro atoms. The number of morpholine rings is 1. The van der Waals surface area contributed by atoms with E-state index in [0.29, 0.717) is 11.1 Å². The van der Waals surface area contributed by atoms with Crippen molar-refractivity contribution in [2.45, 2.75) is 11.4 Å². The van der Waals surface area contributed by atoms with Gasteiger partial charge in [-0.25, -0.2) is 8.42 Å². The molecule has 0 unspecified atom stereocenters. The van der Waals surface area contributed by atoms with Gasteiger partial charge in [-0.2, -0.15) is 0 Å². The topological polar surface area (TPSA) is 74.8 Å². The zero-order valence-corrected chi connectivity index (χ0v) is 18.0. The van der Waals surface area contributed by atoms with Crippen molar-refractivity contribution in [2.24, 2.45) is 0 Å². The van der Waals surface area contributed by atoms with Gasteiger partial charge in [-0.1, -0.05) is 24.3 Å². The van der Waals surface area contributed by atoms with Crippen molar-refractivity contribution in [1.29, 1.82) is 0 Å². The predicted molar refractivity (Wildman–Crippen MR) is 119 cm³/mol. The van der Waals surface area contributed by atoms with E-state index in [-0.39, 0.29) is 4.90 Å². The predicted octanol–water partition coefficient (Wildman–Crippen LogP) is 2.93. The summed E-state index contributed by atoms with van der Waals surface area (Å²) in [4.78, 5) is 8.93. The summed E-state index contributed by atoms with van der Waals surface area (Å²) in [6.07, 6.45) is 1.57. The van der Waals surface area contributed by atoms with Gasteiger partial charge in [0.05, 0.1) is 35.7 Å². The Bertz CT molecular complexity index is 1120. The fourth-order valence-electron chi connectivity index (χ4n) is 3.67. The van der Waals surface area contributed by atoms with Crippen LogP contribution in [0.4, 0.5) is 11.4 Å². The Morgan fingerprint density at radius 3 is 2.47 bits per heavy atom. The lowest BCUT2D eigenvalue weighted by Gasteiger charge is -2.26. The van der Waals surface area contributed by atoms with Crippen molar-refractivity contribution in [1.82, 2.24) is 9.88 Å². The van der Waals surface area contributed by atoms with Crippen LogP contribution in [-0.2, 0) is 21.3 Å². The SMILES string of the molecule is CN(C)c1cccc2c(S(=O)(=O)Nc3ccc(CN4CCOCC4)nc3)cccc12. The average molecular weight is 427 g/mol. The molecule has 7 nitrogen and oxygen atoms in total. The first kappa shape index (κ1) is 20.6. The molecule has 4 rings (SSSR count). The molecule has 158 valence electrons. The zero-order chi connectivity index (χ0) is 21.1. The number of aromatic nitrogens is 1. The molecule has 3 aromatic rings. The highest BCUT2D eigenvalue weighted by Crippen LogP contribution is 2.31. The fraction of sp³-hybridized carbons (Fsp3) is 0.318. The van der Waals surface area contributed by atoms with Gasteiger partial charge < -0.3 is 9.64 Å². The minimum atomic E-state index is -3.76. The van der Waals surface area contributed by atoms with E-state index in [2.05, 4.69) is 14.6 Å². The highest BCUT2D eigenvalue weighted by Gasteiger charge is 2.19. The number of anilines is 2. The number of nitrogens with zero attached hydrogens (tertiary/aromatic N) is 3. The Labute approximate surface area is 177 Å². The van der Waals surface area contributed by atoms with Crippen LogP contribution in [0.5, 0.6) is 0 Å². The summed E-state index contributed by atoms with van der Waals surface area (Å²) in [6, 6.07) is 14.6. The van der Waals surface area contributed by atoms with Crippen molar-refractivity contribution < 1.29 is 13.2 Å². The molecule has 0 radical (unpaired) electrons. The quantitative estimate of drug-likeness (QED) is 0.653. The van der Waals surface area contributed by atoms with E-state index >= 15 is 0 Å². The Kier molecular flexibility index (Phi) is 5.90. The largest absolute Gasteiger partial charge is 0.379 e. The highest BCUT2D eigenvalue weighted by molar-refractivity contribution is 7.93. The number of sulfonamides is 1. The minimum Gasteiger partial charge on any atom is -0.379 e. The van der Waals surface area contributed by atoms with Gasteiger partial charge in [-0.15, -0.1) is 0 Å². The van der Waals surface area contributed by atoms with Crippen molar-refractivity contribution in [3.63, 3.8) is 0 Å². The molecule has 2 aromatic carbocycles. The lowest BCUT2D eigenvalue weighted by Crippen LogP contribution is -2.35. The lowest BCUT2D eigenvalue weighted by molar-refractivity contribution is 0.0336. The lowest BCUT2D eigenvalue weighted by atomic mass is 10.1. The first-order valence-electron chi connectivity index (χ1n) is 9.91. The molecule has 0 aliphatic carbocycles. The normalized spacial score (nSPS) is 15.3. The summed E-state index contributed by atoms with van der Waals surface area (Å²) in [5, 5.41) is 1.58. The molecular weight excluding hydrogens is 400 g/mol. The highest BCUT2D eigenvalue weighted by atomic mass is 32.2. The third-order valence-electron chi connectivity index (χ3n) is 5.20. The molecule has 0 bridgehead atoms. The smallest absolute Gasteiger partial charge is 0.262 e. The molecule has 1 saturated heterocycles. The van der Waals surface area contributed by atoms with Crippen LogP contribution in [0.3, 0.4) is 0 Å². The molecule has 1 N–H and O–H groups in total. The van der Waals surface area contributed by atoms with E-state index in [4.69, 9.17) is 4.74 Å². The third kappa shape index (κ3) is 4.40. The first-order valence-corrected chi connectivity index (χ1v) is 11.4. The fourth-order valence-corrected chi connectivity index (χ4v) is 4.93. The molecule has 2 heterocycles. The summed E-state index contributed by atoms with van der Waals surface area (Å²) >= 11 is 0. The van der Waals surface area contributed by atoms with E-state index in [1.165, 1.54) is 0 Å². The third-order valence-corrected chi connectivity index (χ3v) is 6.64. The van der Waals surface area contributed by atoms with Gasteiger partial charge in [0.25, 0.3) is 10.0 Å². The van der Waals surface area contributed by atoms with Crippen molar-refractivity contribution >= 4 is 32.2 Å². The number of pyridine rings is 1. The molecule has 1 fully saturated rings. The van der Waals surface area contributed by atoms with E-state index in [9.17, 15) is 8.42 Å². The summed E-state index contributed by atoms with van der Waals surface area (Å²) < 4.78 is 34.3. The molecule has 0 saturated carbocycles. The summed E-state index contributed by atoms with van der Waals surface area (Å²) in [7, 11) is 0.128. The summed E-state index contributed by atoms with van der Waals surface area (Å²) in [6.45, 7) is 3.96. The van der Waals surface area contributed by atoms with Gasteiger partial charge in [0.1, 0.15) is 0 Å². The Hall–Kier alpha value is -2.68. The molecule has 0 amide bonds. The van der Waals surface area contributed by atoms with Gasteiger partial charge in [0.2, 0.25) is 0 Å². The van der Waals surface area contributed by atoms with E-state index in [0.717, 1.165) is 49.6 Å². The summed E-state index contributed by atoms with van der Waals surface area (Å²) in [5.41, 5.74) is 2.32. The zero-order valence-electron chi connectivity index (χ0n) is 17.2. The molecular formula is C22H26N4O3S. The van der Waals surface area contributed by atoms with Crippen LogP contribution in [0, 0.1) is 0 Å². The second-order valence-electron chi connectivity index (χ2n) is 7.56. The molecule has 1 aliphatic heterocycles. The minimum absolute atomic E-state index is 0.251. The van der Waals surface area contributed by atoms with Crippen LogP contribution in [0.25, 0.3) is 10.8 Å². The molecule has 1 aliphatic rings. The molecule has 30 heavy (non-hydrogen) atoms. The number of ether oxygens (including phenoxy) is 1. The Balaban J connectivity index is 1.56. The number of benzene rings is 2. The number of hydrogen-bond acceptors (Lipinski definition) is 6. The van der Waals surface area contributed by atoms with Crippen LogP contribution in [0.15, 0.2) is 59.6 Å². The maximum Gasteiger partial charge on any atom is 0.262 e. The second-order valence-corrected chi connectivity index (χ2v) is 9.21. The Morgan fingerprint density at radius 2 is 1.77 bits per heavy atom. The van der Waals surface area contributed by atoms with Gasteiger partial charge in [0.15, 0.2) is 0 Å². The molecule has 0 atom stereocenters. The van der Waals surface area contributed by atoms with Crippen molar-refractivity contribution in [2.75, 3.05) is 50.0 Å². The van der Waals surface area contributed by atoms with Crippen LogP contribution in [0.1, 0.15) is 5.69 Å². The van der Waals surface area contributed by atoms with Crippen LogP contribution >= 0.6 is 0 Å². The monoisotopic (exact) mass is 426 g/mol.